The summed E-state index contributed by atoms with van der Waals surface area (Å²) in [7, 11) is 1.62. The van der Waals surface area contributed by atoms with Crippen LogP contribution in [0.5, 0.6) is 5.75 Å². The summed E-state index contributed by atoms with van der Waals surface area (Å²) in [5.74, 6) is 0.723. The van der Waals surface area contributed by atoms with Gasteiger partial charge in [0.05, 0.1) is 19.1 Å². The van der Waals surface area contributed by atoms with Crippen molar-refractivity contribution in [3.8, 4) is 5.75 Å². The van der Waals surface area contributed by atoms with E-state index >= 15 is 0 Å². The molecule has 0 aromatic heterocycles. The van der Waals surface area contributed by atoms with E-state index in [1.54, 1.807) is 12.0 Å². The van der Waals surface area contributed by atoms with Gasteiger partial charge in [0.2, 0.25) is 5.91 Å². The lowest BCUT2D eigenvalue weighted by Crippen LogP contribution is -2.43. The largest absolute Gasteiger partial charge is 0.497 e. The molecule has 0 bridgehead atoms. The molecule has 0 radical (unpaired) electrons. The van der Waals surface area contributed by atoms with Crippen molar-refractivity contribution in [1.82, 2.24) is 4.90 Å². The van der Waals surface area contributed by atoms with Crippen LogP contribution in [0.25, 0.3) is 0 Å². The Labute approximate surface area is 193 Å². The van der Waals surface area contributed by atoms with Crippen LogP contribution in [0.1, 0.15) is 23.1 Å². The molecule has 0 unspecified atom stereocenters. The molecule has 168 valence electrons. The van der Waals surface area contributed by atoms with Crippen LogP contribution in [0.2, 0.25) is 0 Å². The zero-order chi connectivity index (χ0) is 22.8. The van der Waals surface area contributed by atoms with Gasteiger partial charge >= 0.3 is 6.09 Å². The summed E-state index contributed by atoms with van der Waals surface area (Å²) >= 11 is 0. The highest BCUT2D eigenvalue weighted by Crippen LogP contribution is 2.49. The first-order chi connectivity index (χ1) is 16.1. The number of methoxy groups -OCH3 is 1. The molecule has 3 aromatic carbocycles. The summed E-state index contributed by atoms with van der Waals surface area (Å²) in [6.45, 7) is 1.46. The van der Waals surface area contributed by atoms with E-state index in [1.807, 2.05) is 83.8 Å². The predicted octanol–water partition coefficient (Wildman–Crippen LogP) is 4.52. The third-order valence-corrected chi connectivity index (χ3v) is 6.58. The van der Waals surface area contributed by atoms with Gasteiger partial charge in [-0.1, -0.05) is 60.7 Å². The number of carbonyl (C=O) groups is 2. The van der Waals surface area contributed by atoms with Crippen molar-refractivity contribution in [2.24, 2.45) is 0 Å². The minimum Gasteiger partial charge on any atom is -0.497 e. The highest BCUT2D eigenvalue weighted by atomic mass is 16.6. The van der Waals surface area contributed by atoms with Crippen molar-refractivity contribution in [2.75, 3.05) is 25.1 Å². The molecular weight excluding hydrogens is 416 g/mol. The molecule has 2 heterocycles. The lowest BCUT2D eigenvalue weighted by atomic mass is 9.81. The van der Waals surface area contributed by atoms with Crippen LogP contribution in [0.15, 0.2) is 78.9 Å². The van der Waals surface area contributed by atoms with Crippen molar-refractivity contribution < 1.29 is 19.1 Å². The lowest BCUT2D eigenvalue weighted by molar-refractivity contribution is -0.122. The standard InChI is InChI=1S/C27H26N2O4/c1-32-22-12-13-24-23(16-22)27(25(30)29(24)17-20-8-4-2-5-9-20)14-15-28(19-27)26(31)33-18-21-10-6-3-7-11-21/h2-13,16H,14-15,17-19H2,1H3/t27-/m0/s1. The first kappa shape index (κ1) is 21.1. The molecule has 6 heteroatoms. The van der Waals surface area contributed by atoms with Gasteiger partial charge in [-0.2, -0.15) is 0 Å². The highest BCUT2D eigenvalue weighted by molar-refractivity contribution is 6.09. The summed E-state index contributed by atoms with van der Waals surface area (Å²) in [5, 5.41) is 0. The lowest BCUT2D eigenvalue weighted by Gasteiger charge is -2.24. The molecular formula is C27H26N2O4. The van der Waals surface area contributed by atoms with E-state index < -0.39 is 11.5 Å². The fourth-order valence-corrected chi connectivity index (χ4v) is 4.84. The van der Waals surface area contributed by atoms with Crippen molar-refractivity contribution in [3.05, 3.63) is 95.6 Å². The van der Waals surface area contributed by atoms with E-state index in [1.165, 1.54) is 0 Å². The molecule has 2 aliphatic heterocycles. The quantitative estimate of drug-likeness (QED) is 0.583. The van der Waals surface area contributed by atoms with Gasteiger partial charge in [-0.3, -0.25) is 4.79 Å². The Morgan fingerprint density at radius 2 is 1.67 bits per heavy atom. The fraction of sp³-hybridized carbons (Fsp3) is 0.259. The third-order valence-electron chi connectivity index (χ3n) is 6.58. The van der Waals surface area contributed by atoms with Crippen LogP contribution in [-0.2, 0) is 28.1 Å². The number of ether oxygens (including phenoxy) is 2. The summed E-state index contributed by atoms with van der Waals surface area (Å²) < 4.78 is 11.0. The summed E-state index contributed by atoms with van der Waals surface area (Å²) in [6, 6.07) is 25.3. The van der Waals surface area contributed by atoms with Crippen molar-refractivity contribution in [3.63, 3.8) is 0 Å². The zero-order valence-electron chi connectivity index (χ0n) is 18.6. The van der Waals surface area contributed by atoms with Crippen LogP contribution in [-0.4, -0.2) is 37.1 Å². The second kappa shape index (κ2) is 8.62. The molecule has 0 saturated carbocycles. The van der Waals surface area contributed by atoms with Gasteiger partial charge in [-0.05, 0) is 41.3 Å². The normalized spacial score (nSPS) is 19.1. The van der Waals surface area contributed by atoms with Crippen LogP contribution >= 0.6 is 0 Å². The van der Waals surface area contributed by atoms with Gasteiger partial charge in [0, 0.05) is 18.8 Å². The van der Waals surface area contributed by atoms with Crippen LogP contribution in [0.4, 0.5) is 10.5 Å². The highest BCUT2D eigenvalue weighted by Gasteiger charge is 2.55. The van der Waals surface area contributed by atoms with E-state index in [2.05, 4.69) is 0 Å². The van der Waals surface area contributed by atoms with Crippen LogP contribution in [0, 0.1) is 0 Å². The van der Waals surface area contributed by atoms with E-state index in [9.17, 15) is 9.59 Å². The second-order valence-electron chi connectivity index (χ2n) is 8.55. The molecule has 33 heavy (non-hydrogen) atoms. The number of carbonyl (C=O) groups excluding carboxylic acids is 2. The molecule has 2 aliphatic rings. The molecule has 3 aromatic rings. The smallest absolute Gasteiger partial charge is 0.410 e. The number of amides is 2. The van der Waals surface area contributed by atoms with Gasteiger partial charge in [-0.25, -0.2) is 4.79 Å². The van der Waals surface area contributed by atoms with Gasteiger partial charge in [0.15, 0.2) is 0 Å². The minimum absolute atomic E-state index is 0.0213. The van der Waals surface area contributed by atoms with Crippen LogP contribution in [0.3, 0.4) is 0 Å². The van der Waals surface area contributed by atoms with E-state index in [0.29, 0.717) is 31.8 Å². The molecule has 2 amide bonds. The van der Waals surface area contributed by atoms with Crippen molar-refractivity contribution in [1.29, 1.82) is 0 Å². The Hall–Kier alpha value is -3.80. The fourth-order valence-electron chi connectivity index (χ4n) is 4.84. The third kappa shape index (κ3) is 3.82. The SMILES string of the molecule is COc1ccc2c(c1)[C@@]1(CCN(C(=O)OCc3ccccc3)C1)C(=O)N2Cc1ccccc1. The molecule has 1 spiro atoms. The maximum Gasteiger partial charge on any atom is 0.410 e. The van der Waals surface area contributed by atoms with Crippen molar-refractivity contribution in [2.45, 2.75) is 25.0 Å². The van der Waals surface area contributed by atoms with Crippen LogP contribution < -0.4 is 9.64 Å². The van der Waals surface area contributed by atoms with Crippen molar-refractivity contribution >= 4 is 17.7 Å². The van der Waals surface area contributed by atoms with Gasteiger partial charge in [0.1, 0.15) is 12.4 Å². The van der Waals surface area contributed by atoms with E-state index in [0.717, 1.165) is 22.4 Å². The molecule has 1 atom stereocenters. The number of benzene rings is 3. The number of rotatable bonds is 5. The summed E-state index contributed by atoms with van der Waals surface area (Å²) in [5.41, 5.74) is 3.00. The maximum absolute atomic E-state index is 13.8. The average molecular weight is 443 g/mol. The number of likely N-dealkylation sites (tertiary alicyclic amines) is 1. The first-order valence-corrected chi connectivity index (χ1v) is 11.1. The summed E-state index contributed by atoms with van der Waals surface area (Å²) in [4.78, 5) is 30.2. The van der Waals surface area contributed by atoms with Gasteiger partial charge in [-0.15, -0.1) is 0 Å². The van der Waals surface area contributed by atoms with Gasteiger partial charge in [0.25, 0.3) is 0 Å². The Kier molecular flexibility index (Phi) is 5.50. The Balaban J connectivity index is 1.40. The number of fused-ring (bicyclic) bond motifs is 2. The molecule has 6 nitrogen and oxygen atoms in total. The maximum atomic E-state index is 13.8. The molecule has 0 aliphatic carbocycles. The Bertz CT molecular complexity index is 1170. The number of nitrogens with zero attached hydrogens (tertiary/aromatic N) is 2. The predicted molar refractivity (Wildman–Crippen MR) is 125 cm³/mol. The Morgan fingerprint density at radius 1 is 0.970 bits per heavy atom. The second-order valence-corrected chi connectivity index (χ2v) is 8.55. The van der Waals surface area contributed by atoms with Gasteiger partial charge < -0.3 is 19.3 Å². The minimum atomic E-state index is -0.787. The number of hydrogen-bond acceptors (Lipinski definition) is 4. The monoisotopic (exact) mass is 442 g/mol. The Morgan fingerprint density at radius 3 is 2.36 bits per heavy atom. The number of hydrogen-bond donors (Lipinski definition) is 0. The number of anilines is 1. The molecule has 5 rings (SSSR count). The summed E-state index contributed by atoms with van der Waals surface area (Å²) in [6.07, 6.45) is 0.159. The topological polar surface area (TPSA) is 59.1 Å². The van der Waals surface area contributed by atoms with E-state index in [-0.39, 0.29) is 12.5 Å². The average Bonchev–Trinajstić information content (AvgIpc) is 3.41. The first-order valence-electron chi connectivity index (χ1n) is 11.1. The molecule has 0 N–H and O–H groups in total. The molecule has 1 saturated heterocycles. The zero-order valence-corrected chi connectivity index (χ0v) is 18.6. The van der Waals surface area contributed by atoms with E-state index in [4.69, 9.17) is 9.47 Å². The molecule has 1 fully saturated rings.